The quantitative estimate of drug-likeness (QED) is 0.276. The maximum Gasteiger partial charge on any atom is 0.165 e. The van der Waals surface area contributed by atoms with Crippen LogP contribution in [0.15, 0.2) is 152 Å². The van der Waals surface area contributed by atoms with E-state index in [9.17, 15) is 0 Å². The lowest BCUT2D eigenvalue weighted by molar-refractivity contribution is 0.0523. The predicted octanol–water partition coefficient (Wildman–Crippen LogP) is 13.9. The van der Waals surface area contributed by atoms with Crippen molar-refractivity contribution in [1.29, 1.82) is 0 Å². The van der Waals surface area contributed by atoms with Crippen molar-refractivity contribution in [2.45, 2.75) is 129 Å². The molecule has 0 radical (unpaired) electrons. The van der Waals surface area contributed by atoms with Crippen molar-refractivity contribution in [1.82, 2.24) is 5.32 Å². The molecule has 0 spiro atoms. The standard InChI is InChI=1S/C58H69N3/c1-58(2)46-34-20-15-29-40(46)35-45(57-60-55(38-25-11-5-12-26-38)59-56(61-57)39-27-13-6-14-28-39)51-53-47(36-21-7-3-8-22-36)41-30-16-18-32-43(41)49(53)52-48(37-23-9-4-10-24-37)42-31-17-19-33-44(42)50(52)54(51)58/h5-7,9,11,13,16,19-21,23-25,30,33-34,36,39,42,44-45,47-48,50-52,54-55H,3-4,8,10,12,14-15,17-18,22,26-29,31-32,35H2,1-2H3,(H,59,60,61)/t36?,39?,42?,44?,45-,47?,48?,50?,51?,52?,54?,55?/m0/s1. The molecule has 0 bridgehead atoms. The number of rotatable bonds is 5. The van der Waals surface area contributed by atoms with Gasteiger partial charge in [0.1, 0.15) is 11.7 Å². The van der Waals surface area contributed by atoms with Gasteiger partial charge >= 0.3 is 0 Å². The molecule has 0 saturated heterocycles. The zero-order valence-electron chi connectivity index (χ0n) is 37.1. The van der Waals surface area contributed by atoms with Crippen LogP contribution in [0, 0.1) is 70.5 Å². The first-order valence-corrected chi connectivity index (χ1v) is 25.2. The van der Waals surface area contributed by atoms with Gasteiger partial charge in [-0.15, -0.1) is 0 Å². The monoisotopic (exact) mass is 808 g/mol. The molecule has 12 atom stereocenters. The van der Waals surface area contributed by atoms with Gasteiger partial charge in [-0.1, -0.05) is 122 Å². The highest BCUT2D eigenvalue weighted by atomic mass is 15.2. The highest BCUT2D eigenvalue weighted by Gasteiger charge is 2.66. The van der Waals surface area contributed by atoms with Crippen LogP contribution in [0.3, 0.4) is 0 Å². The summed E-state index contributed by atoms with van der Waals surface area (Å²) in [7, 11) is 0. The number of hydrogen-bond donors (Lipinski definition) is 1. The second-order valence-corrected chi connectivity index (χ2v) is 21.6. The third-order valence-electron chi connectivity index (χ3n) is 18.2. The first-order valence-electron chi connectivity index (χ1n) is 25.2. The summed E-state index contributed by atoms with van der Waals surface area (Å²) in [5.74, 6) is 8.22. The lowest BCUT2D eigenvalue weighted by Crippen LogP contribution is -2.53. The average Bonchev–Trinajstić information content (AvgIpc) is 3.82. The van der Waals surface area contributed by atoms with Crippen LogP contribution < -0.4 is 5.32 Å². The van der Waals surface area contributed by atoms with E-state index >= 15 is 0 Å². The number of aliphatic imine (C=N–C) groups is 2. The van der Waals surface area contributed by atoms with Crippen LogP contribution in [0.4, 0.5) is 0 Å². The molecule has 3 nitrogen and oxygen atoms in total. The summed E-state index contributed by atoms with van der Waals surface area (Å²) in [6.45, 7) is 5.46. The van der Waals surface area contributed by atoms with Gasteiger partial charge in [0.15, 0.2) is 6.17 Å². The smallest absolute Gasteiger partial charge is 0.165 e. The largest absolute Gasteiger partial charge is 0.332 e. The Hall–Kier alpha value is -3.98. The van der Waals surface area contributed by atoms with E-state index in [-0.39, 0.29) is 11.6 Å². The Morgan fingerprint density at radius 1 is 0.705 bits per heavy atom. The minimum absolute atomic E-state index is 0.0247. The second kappa shape index (κ2) is 15.7. The zero-order valence-corrected chi connectivity index (χ0v) is 37.1. The van der Waals surface area contributed by atoms with Crippen LogP contribution in [0.5, 0.6) is 0 Å². The first-order chi connectivity index (χ1) is 30.1. The van der Waals surface area contributed by atoms with Gasteiger partial charge in [-0.2, -0.15) is 0 Å². The summed E-state index contributed by atoms with van der Waals surface area (Å²) in [5.41, 5.74) is 13.8. The van der Waals surface area contributed by atoms with Gasteiger partial charge in [0.2, 0.25) is 0 Å². The Bertz CT molecular complexity index is 2280. The van der Waals surface area contributed by atoms with E-state index in [1.54, 1.807) is 27.9 Å². The number of nitrogens with one attached hydrogen (secondary N) is 1. The van der Waals surface area contributed by atoms with Gasteiger partial charge < -0.3 is 5.32 Å². The molecule has 0 aromatic heterocycles. The molecule has 11 aliphatic carbocycles. The molecule has 1 aliphatic heterocycles. The highest BCUT2D eigenvalue weighted by Crippen LogP contribution is 2.72. The van der Waals surface area contributed by atoms with E-state index in [1.807, 2.05) is 11.1 Å². The van der Waals surface area contributed by atoms with E-state index in [2.05, 4.69) is 116 Å². The van der Waals surface area contributed by atoms with Gasteiger partial charge in [-0.3, -0.25) is 0 Å². The topological polar surface area (TPSA) is 36.8 Å². The van der Waals surface area contributed by atoms with Gasteiger partial charge in [0.25, 0.3) is 0 Å². The lowest BCUT2D eigenvalue weighted by Gasteiger charge is -2.54. The third-order valence-corrected chi connectivity index (χ3v) is 18.2. The van der Waals surface area contributed by atoms with Crippen molar-refractivity contribution >= 4 is 11.7 Å². The molecular weight excluding hydrogens is 739 g/mol. The van der Waals surface area contributed by atoms with Crippen LogP contribution in [0.25, 0.3) is 0 Å². The predicted molar refractivity (Wildman–Crippen MR) is 254 cm³/mol. The van der Waals surface area contributed by atoms with E-state index in [1.165, 1.54) is 87.9 Å². The van der Waals surface area contributed by atoms with E-state index < -0.39 is 0 Å². The molecule has 61 heavy (non-hydrogen) atoms. The fraction of sp³-hybridized carbons (Fsp3) is 0.552. The van der Waals surface area contributed by atoms with Crippen molar-refractivity contribution in [2.24, 2.45) is 80.5 Å². The fourth-order valence-electron chi connectivity index (χ4n) is 15.9. The third kappa shape index (κ3) is 6.31. The molecule has 316 valence electrons. The summed E-state index contributed by atoms with van der Waals surface area (Å²) in [5, 5.41) is 4.24. The van der Waals surface area contributed by atoms with Crippen molar-refractivity contribution in [2.75, 3.05) is 0 Å². The average molecular weight is 808 g/mol. The zero-order chi connectivity index (χ0) is 40.7. The number of amidine groups is 2. The lowest BCUT2D eigenvalue weighted by atomic mass is 9.50. The normalized spacial score (nSPS) is 40.5. The minimum Gasteiger partial charge on any atom is -0.332 e. The molecule has 1 heterocycles. The van der Waals surface area contributed by atoms with Gasteiger partial charge in [0, 0.05) is 17.8 Å². The number of allylic oxidation sites excluding steroid dienone is 23. The van der Waals surface area contributed by atoms with E-state index in [4.69, 9.17) is 9.98 Å². The minimum atomic E-state index is -0.122. The first kappa shape index (κ1) is 38.7. The van der Waals surface area contributed by atoms with Crippen LogP contribution in [-0.4, -0.2) is 17.8 Å². The van der Waals surface area contributed by atoms with Crippen LogP contribution in [-0.2, 0) is 0 Å². The maximum absolute atomic E-state index is 5.95. The number of hydrogen-bond acceptors (Lipinski definition) is 3. The Balaban J connectivity index is 1.12. The summed E-state index contributed by atoms with van der Waals surface area (Å²) in [6.07, 6.45) is 60.7. The highest BCUT2D eigenvalue weighted by molar-refractivity contribution is 6.05. The molecule has 1 fully saturated rings. The van der Waals surface area contributed by atoms with E-state index in [0.29, 0.717) is 65.1 Å². The van der Waals surface area contributed by atoms with Crippen molar-refractivity contribution < 1.29 is 0 Å². The number of fused-ring (bicyclic) bond motifs is 8. The molecule has 0 aromatic rings. The molecule has 1 N–H and O–H groups in total. The molecular formula is C58H69N3. The summed E-state index contributed by atoms with van der Waals surface area (Å²) in [4.78, 5) is 11.5. The van der Waals surface area contributed by atoms with Crippen molar-refractivity contribution in [3.05, 3.63) is 142 Å². The fourth-order valence-corrected chi connectivity index (χ4v) is 15.9. The van der Waals surface area contributed by atoms with Crippen LogP contribution in [0.2, 0.25) is 0 Å². The molecule has 12 aliphatic rings. The molecule has 11 unspecified atom stereocenters. The maximum atomic E-state index is 5.95. The number of nitrogens with zero attached hydrogens (tertiary/aromatic N) is 2. The van der Waals surface area contributed by atoms with Crippen molar-refractivity contribution in [3.8, 4) is 0 Å². The Morgan fingerprint density at radius 2 is 1.56 bits per heavy atom. The Morgan fingerprint density at radius 3 is 2.39 bits per heavy atom. The van der Waals surface area contributed by atoms with Gasteiger partial charge in [-0.25, -0.2) is 9.98 Å². The molecule has 1 saturated carbocycles. The van der Waals surface area contributed by atoms with Gasteiger partial charge in [0.05, 0.1) is 0 Å². The Labute approximate surface area is 367 Å². The van der Waals surface area contributed by atoms with Crippen molar-refractivity contribution in [3.63, 3.8) is 0 Å². The summed E-state index contributed by atoms with van der Waals surface area (Å²) >= 11 is 0. The van der Waals surface area contributed by atoms with Crippen LogP contribution >= 0.6 is 0 Å². The SMILES string of the molecule is CC1(C)C2=C(CCC=C2)C[C@H](C2=NC(C3=CC=CCC3)N=C(C3CC=CCC3)N2)C2C3=C(C4=C(C=CCC4)C3C3C=CCCC3)C3C(C4=CCCC=C4)C4CCC=CC4C3C21. The molecule has 3 heteroatoms. The molecule has 12 rings (SSSR count). The van der Waals surface area contributed by atoms with Crippen LogP contribution in [0.1, 0.15) is 123 Å². The summed E-state index contributed by atoms with van der Waals surface area (Å²) < 4.78 is 0. The molecule has 0 amide bonds. The van der Waals surface area contributed by atoms with Gasteiger partial charge in [-0.05, 0) is 195 Å². The Kier molecular flexibility index (Phi) is 9.94. The van der Waals surface area contributed by atoms with E-state index in [0.717, 1.165) is 38.5 Å². The second-order valence-electron chi connectivity index (χ2n) is 21.6. The molecule has 0 aromatic carbocycles. The summed E-state index contributed by atoms with van der Waals surface area (Å²) in [6, 6.07) is 0.